The predicted octanol–water partition coefficient (Wildman–Crippen LogP) is 2.92. The van der Waals surface area contributed by atoms with Crippen LogP contribution in [0, 0.1) is 10.1 Å². The van der Waals surface area contributed by atoms with Crippen molar-refractivity contribution in [2.75, 3.05) is 7.11 Å². The molecular weight excluding hydrogens is 302 g/mol. The number of aromatic nitrogens is 1. The number of rotatable bonds is 3. The average molecular weight is 306 g/mol. The largest absolute Gasteiger partial charge is 0.575 e. The van der Waals surface area contributed by atoms with Crippen molar-refractivity contribution in [3.63, 3.8) is 0 Å². The molecular formula is C8H4F6N2O4. The topological polar surface area (TPSA) is 74.5 Å². The van der Waals surface area contributed by atoms with E-state index in [4.69, 9.17) is 0 Å². The lowest BCUT2D eigenvalue weighted by atomic mass is 10.2. The molecule has 0 N–H and O–H groups in total. The quantitative estimate of drug-likeness (QED) is 0.487. The van der Waals surface area contributed by atoms with Crippen LogP contribution in [0.25, 0.3) is 0 Å². The Hall–Kier alpha value is -2.27. The third-order valence-electron chi connectivity index (χ3n) is 1.83. The van der Waals surface area contributed by atoms with Crippen molar-refractivity contribution in [1.82, 2.24) is 4.98 Å². The molecule has 112 valence electrons. The molecule has 0 fully saturated rings. The second-order valence-electron chi connectivity index (χ2n) is 3.17. The van der Waals surface area contributed by atoms with Gasteiger partial charge < -0.3 is 19.6 Å². The summed E-state index contributed by atoms with van der Waals surface area (Å²) in [5.41, 5.74) is -1.80. The minimum absolute atomic E-state index is 0.140. The Labute approximate surface area is 106 Å². The molecule has 0 aliphatic carbocycles. The van der Waals surface area contributed by atoms with Gasteiger partial charge in [0.1, 0.15) is 5.56 Å². The van der Waals surface area contributed by atoms with E-state index in [9.17, 15) is 36.5 Å². The van der Waals surface area contributed by atoms with E-state index < -0.39 is 40.5 Å². The number of methoxy groups -OCH3 is 1. The van der Waals surface area contributed by atoms with Crippen LogP contribution < -0.4 is 9.47 Å². The standard InChI is InChI=1S/C8H4F6N2O4/c1-19-5-3(7(9,10)11)2-4(20-8(12,13)14)15-6(5)16(17)18/h2H,1H3. The third kappa shape index (κ3) is 3.61. The van der Waals surface area contributed by atoms with Gasteiger partial charge in [-0.15, -0.1) is 13.2 Å². The predicted molar refractivity (Wildman–Crippen MR) is 49.1 cm³/mol. The number of hydrogen-bond donors (Lipinski definition) is 0. The van der Waals surface area contributed by atoms with Crippen LogP contribution in [0.3, 0.4) is 0 Å². The van der Waals surface area contributed by atoms with Gasteiger partial charge in [-0.2, -0.15) is 13.2 Å². The molecule has 0 saturated heterocycles. The van der Waals surface area contributed by atoms with Crippen molar-refractivity contribution in [3.05, 3.63) is 21.7 Å². The molecule has 1 rings (SSSR count). The summed E-state index contributed by atoms with van der Waals surface area (Å²) in [7, 11) is 0.684. The van der Waals surface area contributed by atoms with Gasteiger partial charge in [0.05, 0.1) is 7.11 Å². The summed E-state index contributed by atoms with van der Waals surface area (Å²) in [6.07, 6.45) is -10.5. The zero-order chi connectivity index (χ0) is 15.7. The molecule has 0 spiro atoms. The van der Waals surface area contributed by atoms with Gasteiger partial charge >= 0.3 is 24.2 Å². The number of alkyl halides is 6. The zero-order valence-corrected chi connectivity index (χ0v) is 9.37. The van der Waals surface area contributed by atoms with Crippen molar-refractivity contribution in [2.45, 2.75) is 12.5 Å². The Bertz CT molecular complexity index is 527. The first-order valence-electron chi connectivity index (χ1n) is 4.52. The number of ether oxygens (including phenoxy) is 2. The van der Waals surface area contributed by atoms with E-state index in [0.29, 0.717) is 7.11 Å². The van der Waals surface area contributed by atoms with Crippen LogP contribution in [-0.2, 0) is 6.18 Å². The van der Waals surface area contributed by atoms with Crippen molar-refractivity contribution >= 4 is 5.82 Å². The van der Waals surface area contributed by atoms with Crippen LogP contribution >= 0.6 is 0 Å². The summed E-state index contributed by atoms with van der Waals surface area (Å²) in [5.74, 6) is -4.46. The highest BCUT2D eigenvalue weighted by Gasteiger charge is 2.42. The molecule has 0 aliphatic heterocycles. The Balaban J connectivity index is 3.52. The van der Waals surface area contributed by atoms with Crippen LogP contribution in [0.15, 0.2) is 6.07 Å². The molecule has 20 heavy (non-hydrogen) atoms. The van der Waals surface area contributed by atoms with E-state index in [-0.39, 0.29) is 6.07 Å². The summed E-state index contributed by atoms with van der Waals surface area (Å²) < 4.78 is 81.0. The maximum absolute atomic E-state index is 12.6. The summed E-state index contributed by atoms with van der Waals surface area (Å²) in [4.78, 5) is 11.9. The number of hydrogen-bond acceptors (Lipinski definition) is 5. The summed E-state index contributed by atoms with van der Waals surface area (Å²) in [6.45, 7) is 0. The molecule has 1 heterocycles. The summed E-state index contributed by atoms with van der Waals surface area (Å²) >= 11 is 0. The monoisotopic (exact) mass is 306 g/mol. The molecule has 1 aromatic heterocycles. The summed E-state index contributed by atoms with van der Waals surface area (Å²) in [6, 6.07) is -0.140. The lowest BCUT2D eigenvalue weighted by Gasteiger charge is -2.12. The van der Waals surface area contributed by atoms with Gasteiger partial charge in [0.2, 0.25) is 5.75 Å². The van der Waals surface area contributed by atoms with E-state index in [2.05, 4.69) is 14.5 Å². The van der Waals surface area contributed by atoms with Crippen LogP contribution in [-0.4, -0.2) is 23.4 Å². The number of pyridine rings is 1. The van der Waals surface area contributed by atoms with Gasteiger partial charge in [0, 0.05) is 11.1 Å². The molecule has 6 nitrogen and oxygen atoms in total. The molecule has 0 aliphatic rings. The second-order valence-corrected chi connectivity index (χ2v) is 3.17. The smallest absolute Gasteiger partial charge is 0.489 e. The molecule has 12 heteroatoms. The molecule has 0 amide bonds. The van der Waals surface area contributed by atoms with Gasteiger partial charge in [0.15, 0.2) is 0 Å². The van der Waals surface area contributed by atoms with Gasteiger partial charge in [-0.05, 0) is 4.92 Å². The van der Waals surface area contributed by atoms with E-state index >= 15 is 0 Å². The highest BCUT2D eigenvalue weighted by atomic mass is 19.4. The fourth-order valence-corrected chi connectivity index (χ4v) is 1.20. The minimum atomic E-state index is -5.35. The molecule has 1 aromatic rings. The minimum Gasteiger partial charge on any atom is -0.489 e. The highest BCUT2D eigenvalue weighted by molar-refractivity contribution is 5.50. The normalized spacial score (nSPS) is 12.2. The zero-order valence-electron chi connectivity index (χ0n) is 9.37. The Morgan fingerprint density at radius 3 is 2.15 bits per heavy atom. The van der Waals surface area contributed by atoms with Crippen LogP contribution in [0.4, 0.5) is 32.2 Å². The first-order valence-corrected chi connectivity index (χ1v) is 4.52. The number of nitrogens with zero attached hydrogens (tertiary/aromatic N) is 2. The van der Waals surface area contributed by atoms with Crippen LogP contribution in [0.1, 0.15) is 5.56 Å². The molecule has 0 radical (unpaired) electrons. The molecule has 0 bridgehead atoms. The van der Waals surface area contributed by atoms with Gasteiger partial charge in [-0.25, -0.2) is 0 Å². The first kappa shape index (κ1) is 15.8. The van der Waals surface area contributed by atoms with Gasteiger partial charge in [-0.3, -0.25) is 0 Å². The van der Waals surface area contributed by atoms with E-state index in [1.807, 2.05) is 0 Å². The molecule has 0 unspecified atom stereocenters. The fourth-order valence-electron chi connectivity index (χ4n) is 1.20. The van der Waals surface area contributed by atoms with E-state index in [1.165, 1.54) is 0 Å². The lowest BCUT2D eigenvalue weighted by Crippen LogP contribution is -2.19. The second kappa shape index (κ2) is 5.02. The van der Waals surface area contributed by atoms with Gasteiger partial charge in [-0.1, -0.05) is 0 Å². The van der Waals surface area contributed by atoms with Crippen LogP contribution in [0.2, 0.25) is 0 Å². The van der Waals surface area contributed by atoms with Crippen molar-refractivity contribution in [1.29, 1.82) is 0 Å². The molecule has 0 aromatic carbocycles. The Morgan fingerprint density at radius 1 is 1.25 bits per heavy atom. The highest BCUT2D eigenvalue weighted by Crippen LogP contribution is 2.42. The van der Waals surface area contributed by atoms with Crippen molar-refractivity contribution < 1.29 is 40.7 Å². The maximum Gasteiger partial charge on any atom is 0.575 e. The average Bonchev–Trinajstić information content (AvgIpc) is 2.24. The number of nitro groups is 1. The van der Waals surface area contributed by atoms with Crippen molar-refractivity contribution in [3.8, 4) is 11.6 Å². The lowest BCUT2D eigenvalue weighted by molar-refractivity contribution is -0.391. The maximum atomic E-state index is 12.6. The third-order valence-corrected chi connectivity index (χ3v) is 1.83. The number of halogens is 6. The van der Waals surface area contributed by atoms with Gasteiger partial charge in [0.25, 0.3) is 0 Å². The SMILES string of the molecule is COc1c(C(F)(F)F)cc(OC(F)(F)F)nc1[N+](=O)[O-]. The van der Waals surface area contributed by atoms with E-state index in [1.54, 1.807) is 0 Å². The first-order chi connectivity index (χ1) is 8.95. The Kier molecular flexibility index (Phi) is 3.96. The Morgan fingerprint density at radius 2 is 1.80 bits per heavy atom. The summed E-state index contributed by atoms with van der Waals surface area (Å²) in [5, 5.41) is 10.5. The molecule has 0 atom stereocenters. The molecule has 0 saturated carbocycles. The van der Waals surface area contributed by atoms with Crippen LogP contribution in [0.5, 0.6) is 11.6 Å². The van der Waals surface area contributed by atoms with Crippen molar-refractivity contribution in [2.24, 2.45) is 0 Å². The fraction of sp³-hybridized carbons (Fsp3) is 0.375. The van der Waals surface area contributed by atoms with E-state index in [0.717, 1.165) is 0 Å².